The van der Waals surface area contributed by atoms with Gasteiger partial charge in [0.2, 0.25) is 0 Å². The average molecular weight is 326 g/mol. The molecule has 0 aliphatic heterocycles. The fourth-order valence-electron chi connectivity index (χ4n) is 2.11. The van der Waals surface area contributed by atoms with Gasteiger partial charge in [-0.15, -0.1) is 12.4 Å². The summed E-state index contributed by atoms with van der Waals surface area (Å²) >= 11 is 0. The third-order valence-corrected chi connectivity index (χ3v) is 3.41. The smallest absolute Gasteiger partial charge is 0.119 e. The Hall–Kier alpha value is -1.33. The van der Waals surface area contributed by atoms with E-state index in [1.807, 2.05) is 50.5 Å². The minimum atomic E-state index is -0.598. The van der Waals surface area contributed by atoms with Crippen LogP contribution in [0.25, 0.3) is 10.8 Å². The van der Waals surface area contributed by atoms with Crippen molar-refractivity contribution >= 4 is 23.2 Å². The zero-order valence-corrected chi connectivity index (χ0v) is 14.1. The zero-order valence-electron chi connectivity index (χ0n) is 13.3. The van der Waals surface area contributed by atoms with Crippen LogP contribution in [-0.4, -0.2) is 51.0 Å². The molecule has 0 radical (unpaired) electrons. The van der Waals surface area contributed by atoms with Gasteiger partial charge < -0.3 is 19.5 Å². The molecule has 0 spiro atoms. The van der Waals surface area contributed by atoms with Crippen LogP contribution in [0, 0.1) is 0 Å². The zero-order chi connectivity index (χ0) is 15.2. The number of hydrogen-bond acceptors (Lipinski definition) is 4. The van der Waals surface area contributed by atoms with E-state index in [0.29, 0.717) is 13.2 Å². The number of nitrogens with zero attached hydrogens (tertiary/aromatic N) is 1. The van der Waals surface area contributed by atoms with Crippen LogP contribution in [0.5, 0.6) is 5.75 Å². The molecule has 4 nitrogen and oxygen atoms in total. The Kier molecular flexibility index (Phi) is 7.62. The maximum atomic E-state index is 10.2. The number of fused-ring (bicyclic) bond motifs is 1. The lowest BCUT2D eigenvalue weighted by Crippen LogP contribution is -2.19. The molecule has 0 bridgehead atoms. The first-order valence-electron chi connectivity index (χ1n) is 7.08. The van der Waals surface area contributed by atoms with Crippen molar-refractivity contribution in [3.8, 4) is 5.75 Å². The number of methoxy groups -OCH3 is 1. The van der Waals surface area contributed by atoms with Gasteiger partial charge in [-0.25, -0.2) is 0 Å². The molecule has 2 aromatic carbocycles. The Bertz CT molecular complexity index is 589. The summed E-state index contributed by atoms with van der Waals surface area (Å²) in [5, 5.41) is 12.4. The lowest BCUT2D eigenvalue weighted by molar-refractivity contribution is 0.0307. The number of hydrogen-bond donors (Lipinski definition) is 1. The molecule has 0 amide bonds. The Morgan fingerprint density at radius 3 is 2.45 bits per heavy atom. The van der Waals surface area contributed by atoms with Gasteiger partial charge in [-0.1, -0.05) is 18.2 Å². The van der Waals surface area contributed by atoms with E-state index in [9.17, 15) is 5.11 Å². The van der Waals surface area contributed by atoms with E-state index in [1.54, 1.807) is 7.11 Å². The maximum absolute atomic E-state index is 10.2. The highest BCUT2D eigenvalue weighted by molar-refractivity contribution is 5.85. The molecule has 0 aliphatic carbocycles. The number of aliphatic hydroxyl groups excluding tert-OH is 1. The van der Waals surface area contributed by atoms with Crippen LogP contribution in [0.2, 0.25) is 0 Å². The first-order chi connectivity index (χ1) is 10.1. The summed E-state index contributed by atoms with van der Waals surface area (Å²) in [4.78, 5) is 2.05. The molecular weight excluding hydrogens is 302 g/mol. The van der Waals surface area contributed by atoms with Crippen LogP contribution < -0.4 is 4.74 Å². The monoisotopic (exact) mass is 325 g/mol. The second kappa shape index (κ2) is 8.96. The van der Waals surface area contributed by atoms with Crippen molar-refractivity contribution in [2.24, 2.45) is 0 Å². The molecule has 22 heavy (non-hydrogen) atoms. The van der Waals surface area contributed by atoms with Crippen LogP contribution in [0.1, 0.15) is 11.7 Å². The second-order valence-electron chi connectivity index (χ2n) is 5.37. The van der Waals surface area contributed by atoms with Crippen molar-refractivity contribution in [2.45, 2.75) is 6.10 Å². The first kappa shape index (κ1) is 18.7. The number of benzene rings is 2. The third-order valence-electron chi connectivity index (χ3n) is 3.41. The minimum absolute atomic E-state index is 0. The summed E-state index contributed by atoms with van der Waals surface area (Å²) in [6.07, 6.45) is -0.598. The topological polar surface area (TPSA) is 41.9 Å². The predicted octanol–water partition coefficient (Wildman–Crippen LogP) is 2.88. The molecule has 2 rings (SSSR count). The van der Waals surface area contributed by atoms with Gasteiger partial charge in [0.25, 0.3) is 0 Å². The van der Waals surface area contributed by atoms with Crippen LogP contribution in [0.4, 0.5) is 0 Å². The average Bonchev–Trinajstić information content (AvgIpc) is 2.50. The molecule has 1 N–H and O–H groups in total. The molecular formula is C17H24ClNO3. The summed E-state index contributed by atoms with van der Waals surface area (Å²) < 4.78 is 10.7. The van der Waals surface area contributed by atoms with Gasteiger partial charge in [-0.05, 0) is 48.6 Å². The van der Waals surface area contributed by atoms with E-state index in [0.717, 1.165) is 28.6 Å². The number of aliphatic hydroxyl groups is 1. The minimum Gasteiger partial charge on any atom is -0.497 e. The standard InChI is InChI=1S/C17H23NO3.ClH/c1-18(2)8-9-21-12-17(19)15-5-4-14-11-16(20-3)7-6-13(14)10-15;/h4-7,10-11,17,19H,8-9,12H2,1-3H3;1H. The van der Waals surface area contributed by atoms with E-state index in [2.05, 4.69) is 4.90 Å². The number of ether oxygens (including phenoxy) is 2. The van der Waals surface area contributed by atoms with Gasteiger partial charge in [-0.2, -0.15) is 0 Å². The predicted molar refractivity (Wildman–Crippen MR) is 92.1 cm³/mol. The van der Waals surface area contributed by atoms with Gasteiger partial charge in [0.05, 0.1) is 20.3 Å². The summed E-state index contributed by atoms with van der Waals surface area (Å²) in [7, 11) is 5.65. The lowest BCUT2D eigenvalue weighted by Gasteiger charge is -2.14. The number of halogens is 1. The summed E-state index contributed by atoms with van der Waals surface area (Å²) in [6.45, 7) is 1.79. The highest BCUT2D eigenvalue weighted by Crippen LogP contribution is 2.24. The van der Waals surface area contributed by atoms with Crippen molar-refractivity contribution in [1.82, 2.24) is 4.90 Å². The highest BCUT2D eigenvalue weighted by atomic mass is 35.5. The van der Waals surface area contributed by atoms with Crippen LogP contribution >= 0.6 is 12.4 Å². The van der Waals surface area contributed by atoms with Crippen molar-refractivity contribution in [2.75, 3.05) is 41.0 Å². The van der Waals surface area contributed by atoms with Crippen LogP contribution in [0.3, 0.4) is 0 Å². The highest BCUT2D eigenvalue weighted by Gasteiger charge is 2.09. The van der Waals surface area contributed by atoms with Crippen molar-refractivity contribution in [3.05, 3.63) is 42.0 Å². The lowest BCUT2D eigenvalue weighted by atomic mass is 10.0. The summed E-state index contributed by atoms with van der Waals surface area (Å²) in [5.74, 6) is 0.836. The normalized spacial score (nSPS) is 12.2. The molecule has 0 heterocycles. The van der Waals surface area contributed by atoms with E-state index >= 15 is 0 Å². The van der Waals surface area contributed by atoms with E-state index in [-0.39, 0.29) is 12.4 Å². The number of likely N-dealkylation sites (N-methyl/N-ethyl adjacent to an activating group) is 1. The molecule has 0 fully saturated rings. The van der Waals surface area contributed by atoms with Crippen molar-refractivity contribution in [3.63, 3.8) is 0 Å². The quantitative estimate of drug-likeness (QED) is 0.795. The van der Waals surface area contributed by atoms with Gasteiger partial charge >= 0.3 is 0 Å². The summed E-state index contributed by atoms with van der Waals surface area (Å²) in [6, 6.07) is 11.8. The van der Waals surface area contributed by atoms with Crippen molar-refractivity contribution < 1.29 is 14.6 Å². The molecule has 1 unspecified atom stereocenters. The molecule has 122 valence electrons. The Morgan fingerprint density at radius 2 is 1.77 bits per heavy atom. The molecule has 0 saturated carbocycles. The van der Waals surface area contributed by atoms with E-state index < -0.39 is 6.10 Å². The molecule has 5 heteroatoms. The van der Waals surface area contributed by atoms with Crippen LogP contribution in [-0.2, 0) is 4.74 Å². The van der Waals surface area contributed by atoms with E-state index in [4.69, 9.17) is 9.47 Å². The second-order valence-corrected chi connectivity index (χ2v) is 5.37. The Labute approximate surface area is 138 Å². The SMILES string of the molecule is COc1ccc2cc(C(O)COCCN(C)C)ccc2c1.Cl. The first-order valence-corrected chi connectivity index (χ1v) is 7.08. The van der Waals surface area contributed by atoms with Gasteiger partial charge in [0.1, 0.15) is 11.9 Å². The third kappa shape index (κ3) is 5.14. The maximum Gasteiger partial charge on any atom is 0.119 e. The van der Waals surface area contributed by atoms with E-state index in [1.165, 1.54) is 0 Å². The van der Waals surface area contributed by atoms with Crippen molar-refractivity contribution in [1.29, 1.82) is 0 Å². The largest absolute Gasteiger partial charge is 0.497 e. The summed E-state index contributed by atoms with van der Waals surface area (Å²) in [5.41, 5.74) is 0.873. The molecule has 2 aromatic rings. The molecule has 0 aromatic heterocycles. The molecule has 0 aliphatic rings. The molecule has 0 saturated heterocycles. The van der Waals surface area contributed by atoms with Gasteiger partial charge in [0, 0.05) is 6.54 Å². The fourth-order valence-corrected chi connectivity index (χ4v) is 2.11. The molecule has 1 atom stereocenters. The number of rotatable bonds is 7. The van der Waals surface area contributed by atoms with Gasteiger partial charge in [0.15, 0.2) is 0 Å². The Morgan fingerprint density at radius 1 is 1.09 bits per heavy atom. The Balaban J connectivity index is 0.00000242. The fraction of sp³-hybridized carbons (Fsp3) is 0.412. The van der Waals surface area contributed by atoms with Gasteiger partial charge in [-0.3, -0.25) is 0 Å². The van der Waals surface area contributed by atoms with Crippen LogP contribution in [0.15, 0.2) is 36.4 Å².